The molecule has 2 rings (SSSR count). The average molecular weight is 319 g/mol. The van der Waals surface area contributed by atoms with Gasteiger partial charge in [0.2, 0.25) is 5.91 Å². The molecule has 1 aromatic rings. The van der Waals surface area contributed by atoms with Crippen molar-refractivity contribution in [1.82, 2.24) is 10.2 Å². The van der Waals surface area contributed by atoms with Crippen LogP contribution in [0.15, 0.2) is 30.3 Å². The van der Waals surface area contributed by atoms with E-state index in [1.807, 2.05) is 30.3 Å². The van der Waals surface area contributed by atoms with E-state index in [4.69, 9.17) is 10.5 Å². The Morgan fingerprint density at radius 3 is 2.83 bits per heavy atom. The van der Waals surface area contributed by atoms with Crippen LogP contribution in [0, 0.1) is 5.92 Å². The second kappa shape index (κ2) is 8.53. The van der Waals surface area contributed by atoms with Crippen molar-refractivity contribution >= 4 is 12.0 Å². The first-order valence-electron chi connectivity index (χ1n) is 8.05. The Morgan fingerprint density at radius 2 is 2.13 bits per heavy atom. The molecule has 0 spiro atoms. The molecule has 1 fully saturated rings. The lowest BCUT2D eigenvalue weighted by Gasteiger charge is -2.32. The standard InChI is InChI=1S/C17H25N3O3/c1-13(18)16(21)19-10-15-8-5-9-20(11-15)17(22)23-12-14-6-3-2-4-7-14/h2-4,6-7,13,15H,5,8-12,18H2,1H3,(H,19,21)/t13-,15?/m0/s1. The number of hydrogen-bond acceptors (Lipinski definition) is 4. The maximum Gasteiger partial charge on any atom is 0.410 e. The Balaban J connectivity index is 1.76. The van der Waals surface area contributed by atoms with Crippen LogP contribution in [0.1, 0.15) is 25.3 Å². The number of nitrogens with two attached hydrogens (primary N) is 1. The van der Waals surface area contributed by atoms with Gasteiger partial charge in [-0.05, 0) is 31.2 Å². The highest BCUT2D eigenvalue weighted by Crippen LogP contribution is 2.17. The predicted molar refractivity (Wildman–Crippen MR) is 87.6 cm³/mol. The van der Waals surface area contributed by atoms with E-state index < -0.39 is 6.04 Å². The lowest BCUT2D eigenvalue weighted by molar-refractivity contribution is -0.122. The maximum absolute atomic E-state index is 12.2. The highest BCUT2D eigenvalue weighted by atomic mass is 16.6. The third-order valence-corrected chi connectivity index (χ3v) is 3.96. The van der Waals surface area contributed by atoms with Crippen molar-refractivity contribution in [2.45, 2.75) is 32.4 Å². The summed E-state index contributed by atoms with van der Waals surface area (Å²) in [6, 6.07) is 9.11. The Hall–Kier alpha value is -2.08. The highest BCUT2D eigenvalue weighted by Gasteiger charge is 2.25. The Morgan fingerprint density at radius 1 is 1.39 bits per heavy atom. The summed E-state index contributed by atoms with van der Waals surface area (Å²) >= 11 is 0. The quantitative estimate of drug-likeness (QED) is 0.861. The number of piperidine rings is 1. The minimum Gasteiger partial charge on any atom is -0.445 e. The fourth-order valence-corrected chi connectivity index (χ4v) is 2.61. The zero-order chi connectivity index (χ0) is 16.7. The summed E-state index contributed by atoms with van der Waals surface area (Å²) in [6.45, 7) is 3.78. The molecule has 0 aliphatic carbocycles. The van der Waals surface area contributed by atoms with Gasteiger partial charge >= 0.3 is 6.09 Å². The van der Waals surface area contributed by atoms with Crippen LogP contribution in [0.3, 0.4) is 0 Å². The zero-order valence-electron chi connectivity index (χ0n) is 13.5. The fourth-order valence-electron chi connectivity index (χ4n) is 2.61. The summed E-state index contributed by atoms with van der Waals surface area (Å²) in [4.78, 5) is 25.4. The first-order chi connectivity index (χ1) is 11.1. The molecule has 0 aromatic heterocycles. The monoisotopic (exact) mass is 319 g/mol. The van der Waals surface area contributed by atoms with E-state index in [2.05, 4.69) is 5.32 Å². The van der Waals surface area contributed by atoms with Crippen LogP contribution >= 0.6 is 0 Å². The number of hydrogen-bond donors (Lipinski definition) is 2. The topological polar surface area (TPSA) is 84.7 Å². The maximum atomic E-state index is 12.2. The molecule has 1 saturated heterocycles. The average Bonchev–Trinajstić information content (AvgIpc) is 2.58. The van der Waals surface area contributed by atoms with E-state index >= 15 is 0 Å². The molecule has 0 radical (unpaired) electrons. The van der Waals surface area contributed by atoms with Gasteiger partial charge in [0.15, 0.2) is 0 Å². The molecule has 1 unspecified atom stereocenters. The number of ether oxygens (including phenoxy) is 1. The first kappa shape index (κ1) is 17.3. The number of carbonyl (C=O) groups excluding carboxylic acids is 2. The molecule has 1 aliphatic rings. The summed E-state index contributed by atoms with van der Waals surface area (Å²) in [6.07, 6.45) is 1.61. The number of nitrogens with zero attached hydrogens (tertiary/aromatic N) is 1. The Kier molecular flexibility index (Phi) is 6.40. The largest absolute Gasteiger partial charge is 0.445 e. The molecule has 1 aliphatic heterocycles. The minimum absolute atomic E-state index is 0.159. The van der Waals surface area contributed by atoms with Crippen molar-refractivity contribution < 1.29 is 14.3 Å². The van der Waals surface area contributed by atoms with Crippen LogP contribution in [0.25, 0.3) is 0 Å². The van der Waals surface area contributed by atoms with Gasteiger partial charge in [-0.25, -0.2) is 4.79 Å². The number of carbonyl (C=O) groups is 2. The van der Waals surface area contributed by atoms with E-state index in [1.165, 1.54) is 0 Å². The predicted octanol–water partition coefficient (Wildman–Crippen LogP) is 1.50. The molecule has 3 N–H and O–H groups in total. The molecule has 0 saturated carbocycles. The Bertz CT molecular complexity index is 519. The van der Waals surface area contributed by atoms with Gasteiger partial charge < -0.3 is 20.7 Å². The van der Waals surface area contributed by atoms with Crippen LogP contribution in [-0.2, 0) is 16.1 Å². The van der Waals surface area contributed by atoms with Gasteiger partial charge in [0.1, 0.15) is 6.61 Å². The molecule has 126 valence electrons. The summed E-state index contributed by atoms with van der Waals surface area (Å²) in [5, 5.41) is 2.83. The zero-order valence-corrected chi connectivity index (χ0v) is 13.5. The molecule has 2 atom stereocenters. The third kappa shape index (κ3) is 5.56. The highest BCUT2D eigenvalue weighted by molar-refractivity contribution is 5.80. The van der Waals surface area contributed by atoms with E-state index in [0.29, 0.717) is 19.6 Å². The van der Waals surface area contributed by atoms with Crippen molar-refractivity contribution in [3.8, 4) is 0 Å². The van der Waals surface area contributed by atoms with E-state index in [1.54, 1.807) is 11.8 Å². The smallest absolute Gasteiger partial charge is 0.410 e. The number of amides is 2. The molecule has 6 nitrogen and oxygen atoms in total. The van der Waals surface area contributed by atoms with Crippen LogP contribution in [-0.4, -0.2) is 42.6 Å². The number of benzene rings is 1. The van der Waals surface area contributed by atoms with Gasteiger partial charge in [0.25, 0.3) is 0 Å². The number of likely N-dealkylation sites (tertiary alicyclic amines) is 1. The lowest BCUT2D eigenvalue weighted by atomic mass is 9.98. The van der Waals surface area contributed by atoms with Crippen molar-refractivity contribution in [2.24, 2.45) is 11.7 Å². The van der Waals surface area contributed by atoms with E-state index in [-0.39, 0.29) is 24.5 Å². The van der Waals surface area contributed by atoms with Gasteiger partial charge in [-0.1, -0.05) is 30.3 Å². The molecule has 1 aromatic carbocycles. The van der Waals surface area contributed by atoms with Crippen molar-refractivity contribution in [2.75, 3.05) is 19.6 Å². The summed E-state index contributed by atoms with van der Waals surface area (Å²) in [7, 11) is 0. The molecule has 23 heavy (non-hydrogen) atoms. The third-order valence-electron chi connectivity index (χ3n) is 3.96. The van der Waals surface area contributed by atoms with Gasteiger partial charge in [-0.2, -0.15) is 0 Å². The van der Waals surface area contributed by atoms with Crippen molar-refractivity contribution in [1.29, 1.82) is 0 Å². The van der Waals surface area contributed by atoms with Gasteiger partial charge in [-0.15, -0.1) is 0 Å². The van der Waals surface area contributed by atoms with Crippen LogP contribution in [0.5, 0.6) is 0 Å². The van der Waals surface area contributed by atoms with E-state index in [0.717, 1.165) is 18.4 Å². The second-order valence-corrected chi connectivity index (χ2v) is 6.03. The normalized spacial score (nSPS) is 19.0. The van der Waals surface area contributed by atoms with Crippen molar-refractivity contribution in [3.05, 3.63) is 35.9 Å². The minimum atomic E-state index is -0.509. The number of rotatable bonds is 5. The van der Waals surface area contributed by atoms with Gasteiger partial charge in [0, 0.05) is 19.6 Å². The Labute approximate surface area is 137 Å². The second-order valence-electron chi connectivity index (χ2n) is 6.03. The molecule has 6 heteroatoms. The van der Waals surface area contributed by atoms with Crippen molar-refractivity contribution in [3.63, 3.8) is 0 Å². The number of nitrogens with one attached hydrogen (secondary N) is 1. The molecule has 2 amide bonds. The van der Waals surface area contributed by atoms with Gasteiger partial charge in [0.05, 0.1) is 6.04 Å². The molecular formula is C17H25N3O3. The first-order valence-corrected chi connectivity index (χ1v) is 8.05. The van der Waals surface area contributed by atoms with Crippen LogP contribution in [0.2, 0.25) is 0 Å². The van der Waals surface area contributed by atoms with E-state index in [9.17, 15) is 9.59 Å². The summed E-state index contributed by atoms with van der Waals surface area (Å²) < 4.78 is 5.36. The fraction of sp³-hybridized carbons (Fsp3) is 0.529. The lowest BCUT2D eigenvalue weighted by Crippen LogP contribution is -2.46. The van der Waals surface area contributed by atoms with Crippen LogP contribution < -0.4 is 11.1 Å². The summed E-state index contributed by atoms with van der Waals surface area (Å²) in [5.41, 5.74) is 6.50. The molecule has 0 bridgehead atoms. The molecular weight excluding hydrogens is 294 g/mol. The van der Waals surface area contributed by atoms with Gasteiger partial charge in [-0.3, -0.25) is 4.79 Å². The summed E-state index contributed by atoms with van der Waals surface area (Å²) in [5.74, 6) is 0.0875. The SMILES string of the molecule is C[C@H](N)C(=O)NCC1CCCN(C(=O)OCc2ccccc2)C1. The molecule has 1 heterocycles. The van der Waals surface area contributed by atoms with Crippen LogP contribution in [0.4, 0.5) is 4.79 Å².